The zero-order valence-corrected chi connectivity index (χ0v) is 15.0. The molecule has 3 rings (SSSR count). The van der Waals surface area contributed by atoms with Gasteiger partial charge in [0.25, 0.3) is 5.91 Å². The molecule has 1 amide bonds. The van der Waals surface area contributed by atoms with Crippen LogP contribution in [-0.2, 0) is 6.54 Å². The molecule has 1 heterocycles. The highest BCUT2D eigenvalue weighted by molar-refractivity contribution is 9.10. The maximum atomic E-state index is 12.3. The molecule has 1 aromatic heterocycles. The van der Waals surface area contributed by atoms with E-state index in [2.05, 4.69) is 50.9 Å². The topological polar surface area (TPSA) is 34.0 Å². The fourth-order valence-electron chi connectivity index (χ4n) is 2.69. The van der Waals surface area contributed by atoms with Gasteiger partial charge in [0.2, 0.25) is 0 Å². The number of fused-ring (bicyclic) bond motifs is 1. The molecule has 0 aliphatic rings. The highest BCUT2D eigenvalue weighted by atomic mass is 79.9. The number of aryl methyl sites for hydroxylation is 1. The molecule has 5 heteroatoms. The summed E-state index contributed by atoms with van der Waals surface area (Å²) in [6.45, 7) is 3.34. The average molecular weight is 392 g/mol. The Bertz CT molecular complexity index is 873. The Balaban J connectivity index is 1.70. The lowest BCUT2D eigenvalue weighted by molar-refractivity contribution is 0.0952. The Labute approximate surface area is 148 Å². The molecule has 0 aliphatic carbocycles. The highest BCUT2D eigenvalue weighted by Gasteiger charge is 2.11. The van der Waals surface area contributed by atoms with E-state index in [1.165, 1.54) is 16.6 Å². The Morgan fingerprint density at radius 2 is 2.00 bits per heavy atom. The summed E-state index contributed by atoms with van der Waals surface area (Å²) in [4.78, 5) is 12.3. The molecule has 0 saturated carbocycles. The van der Waals surface area contributed by atoms with Crippen molar-refractivity contribution in [3.8, 4) is 0 Å². The van der Waals surface area contributed by atoms with Crippen LogP contribution in [0.4, 0.5) is 0 Å². The molecule has 3 nitrogen and oxygen atoms in total. The van der Waals surface area contributed by atoms with Gasteiger partial charge in [-0.1, -0.05) is 45.7 Å². The summed E-state index contributed by atoms with van der Waals surface area (Å²) in [5.74, 6) is -0.162. The van der Waals surface area contributed by atoms with E-state index >= 15 is 0 Å². The van der Waals surface area contributed by atoms with Crippen LogP contribution in [0.3, 0.4) is 0 Å². The first-order valence-corrected chi connectivity index (χ1v) is 8.51. The molecule has 1 N–H and O–H groups in total. The van der Waals surface area contributed by atoms with E-state index in [-0.39, 0.29) is 5.91 Å². The van der Waals surface area contributed by atoms with Gasteiger partial charge in [0, 0.05) is 28.8 Å². The van der Waals surface area contributed by atoms with Gasteiger partial charge < -0.3 is 9.88 Å². The number of hydrogen-bond donors (Lipinski definition) is 1. The molecule has 0 aliphatic heterocycles. The molecule has 0 unspecified atom stereocenters. The van der Waals surface area contributed by atoms with Crippen LogP contribution in [0.1, 0.15) is 16.1 Å². The lowest BCUT2D eigenvalue weighted by Gasteiger charge is -2.10. The van der Waals surface area contributed by atoms with Crippen molar-refractivity contribution in [3.05, 3.63) is 69.3 Å². The van der Waals surface area contributed by atoms with E-state index in [4.69, 9.17) is 11.6 Å². The summed E-state index contributed by atoms with van der Waals surface area (Å²) in [5, 5.41) is 4.60. The van der Waals surface area contributed by atoms with Gasteiger partial charge in [-0.15, -0.1) is 0 Å². The normalized spacial score (nSPS) is 10.9. The third-order valence-electron chi connectivity index (χ3n) is 3.81. The molecule has 2 aromatic carbocycles. The van der Waals surface area contributed by atoms with E-state index in [0.717, 1.165) is 11.0 Å². The number of aromatic nitrogens is 1. The molecule has 3 aromatic rings. The lowest BCUT2D eigenvalue weighted by Crippen LogP contribution is -2.27. The van der Waals surface area contributed by atoms with Gasteiger partial charge >= 0.3 is 0 Å². The summed E-state index contributed by atoms with van der Waals surface area (Å²) < 4.78 is 3.04. The molecule has 0 radical (unpaired) electrons. The van der Waals surface area contributed by atoms with Crippen molar-refractivity contribution in [1.29, 1.82) is 0 Å². The van der Waals surface area contributed by atoms with Gasteiger partial charge in [-0.25, -0.2) is 0 Å². The summed E-state index contributed by atoms with van der Waals surface area (Å²) in [6, 6.07) is 15.7. The van der Waals surface area contributed by atoms with Crippen molar-refractivity contribution in [2.45, 2.75) is 13.5 Å². The Kier molecular flexibility index (Phi) is 4.74. The first-order valence-electron chi connectivity index (χ1n) is 7.34. The van der Waals surface area contributed by atoms with E-state index in [1.807, 2.05) is 18.2 Å². The zero-order valence-electron chi connectivity index (χ0n) is 12.6. The average Bonchev–Trinajstić information content (AvgIpc) is 2.85. The second-order valence-corrected chi connectivity index (χ2v) is 6.70. The standard InChI is InChI=1S/C18H16BrClN2O/c1-12-10-13-4-2-3-5-17(13)22(12)9-8-21-18(23)15-11-14(19)6-7-16(15)20/h2-7,10-11H,8-9H2,1H3,(H,21,23). The predicted octanol–water partition coefficient (Wildman–Crippen LogP) is 4.80. The number of rotatable bonds is 4. The van der Waals surface area contributed by atoms with Gasteiger partial charge in [-0.05, 0) is 42.6 Å². The zero-order chi connectivity index (χ0) is 16.4. The summed E-state index contributed by atoms with van der Waals surface area (Å²) in [7, 11) is 0. The van der Waals surface area contributed by atoms with Crippen LogP contribution in [0.15, 0.2) is 53.0 Å². The molecule has 0 saturated heterocycles. The van der Waals surface area contributed by atoms with Crippen LogP contribution in [0.5, 0.6) is 0 Å². The number of carbonyl (C=O) groups is 1. The molecular formula is C18H16BrClN2O. The van der Waals surface area contributed by atoms with Crippen molar-refractivity contribution in [1.82, 2.24) is 9.88 Å². The molecule has 0 bridgehead atoms. The van der Waals surface area contributed by atoms with Crippen LogP contribution >= 0.6 is 27.5 Å². The minimum atomic E-state index is -0.162. The molecule has 118 valence electrons. The molecule has 0 atom stereocenters. The van der Waals surface area contributed by atoms with Crippen LogP contribution in [0, 0.1) is 6.92 Å². The lowest BCUT2D eigenvalue weighted by atomic mass is 10.2. The second-order valence-electron chi connectivity index (χ2n) is 5.38. The fourth-order valence-corrected chi connectivity index (χ4v) is 3.26. The van der Waals surface area contributed by atoms with Gasteiger partial charge in [-0.2, -0.15) is 0 Å². The van der Waals surface area contributed by atoms with E-state index < -0.39 is 0 Å². The number of benzene rings is 2. The first kappa shape index (κ1) is 16.1. The third kappa shape index (κ3) is 3.43. The Morgan fingerprint density at radius 3 is 2.83 bits per heavy atom. The monoisotopic (exact) mass is 390 g/mol. The van der Waals surface area contributed by atoms with E-state index in [0.29, 0.717) is 17.1 Å². The number of halogens is 2. The fraction of sp³-hybridized carbons (Fsp3) is 0.167. The van der Waals surface area contributed by atoms with Gasteiger partial charge in [-0.3, -0.25) is 4.79 Å². The number of hydrogen-bond acceptors (Lipinski definition) is 1. The number of nitrogens with one attached hydrogen (secondary N) is 1. The molecular weight excluding hydrogens is 376 g/mol. The quantitative estimate of drug-likeness (QED) is 0.681. The minimum Gasteiger partial charge on any atom is -0.350 e. The first-order chi connectivity index (χ1) is 11.1. The second kappa shape index (κ2) is 6.77. The number of amides is 1. The van der Waals surface area contributed by atoms with Crippen LogP contribution in [0.2, 0.25) is 5.02 Å². The number of carbonyl (C=O) groups excluding carboxylic acids is 1. The largest absolute Gasteiger partial charge is 0.350 e. The summed E-state index contributed by atoms with van der Waals surface area (Å²) in [6.07, 6.45) is 0. The maximum absolute atomic E-state index is 12.3. The Hall–Kier alpha value is -1.78. The van der Waals surface area contributed by atoms with Crippen molar-refractivity contribution < 1.29 is 4.79 Å². The minimum absolute atomic E-state index is 0.162. The van der Waals surface area contributed by atoms with E-state index in [9.17, 15) is 4.79 Å². The summed E-state index contributed by atoms with van der Waals surface area (Å²) >= 11 is 9.44. The number of nitrogens with zero attached hydrogens (tertiary/aromatic N) is 1. The van der Waals surface area contributed by atoms with Gasteiger partial charge in [0.05, 0.1) is 10.6 Å². The van der Waals surface area contributed by atoms with Crippen molar-refractivity contribution in [2.75, 3.05) is 6.54 Å². The van der Waals surface area contributed by atoms with Crippen molar-refractivity contribution >= 4 is 44.3 Å². The smallest absolute Gasteiger partial charge is 0.252 e. The molecule has 0 spiro atoms. The Morgan fingerprint density at radius 1 is 1.22 bits per heavy atom. The van der Waals surface area contributed by atoms with Crippen molar-refractivity contribution in [2.24, 2.45) is 0 Å². The number of para-hydroxylation sites is 1. The van der Waals surface area contributed by atoms with Gasteiger partial charge in [0.1, 0.15) is 0 Å². The van der Waals surface area contributed by atoms with Crippen LogP contribution in [-0.4, -0.2) is 17.0 Å². The predicted molar refractivity (Wildman–Crippen MR) is 98.2 cm³/mol. The van der Waals surface area contributed by atoms with Crippen molar-refractivity contribution in [3.63, 3.8) is 0 Å². The van der Waals surface area contributed by atoms with Crippen LogP contribution < -0.4 is 5.32 Å². The van der Waals surface area contributed by atoms with Crippen LogP contribution in [0.25, 0.3) is 10.9 Å². The molecule has 0 fully saturated rings. The SMILES string of the molecule is Cc1cc2ccccc2n1CCNC(=O)c1cc(Br)ccc1Cl. The maximum Gasteiger partial charge on any atom is 0.252 e. The molecule has 23 heavy (non-hydrogen) atoms. The van der Waals surface area contributed by atoms with Gasteiger partial charge in [0.15, 0.2) is 0 Å². The highest BCUT2D eigenvalue weighted by Crippen LogP contribution is 2.21. The van der Waals surface area contributed by atoms with E-state index in [1.54, 1.807) is 12.1 Å². The summed E-state index contributed by atoms with van der Waals surface area (Å²) in [5.41, 5.74) is 2.84. The third-order valence-corrected chi connectivity index (χ3v) is 4.63.